The van der Waals surface area contributed by atoms with Gasteiger partial charge in [0.1, 0.15) is 0 Å². The summed E-state index contributed by atoms with van der Waals surface area (Å²) in [6.45, 7) is 1.05. The molecule has 0 amide bonds. The minimum absolute atomic E-state index is 1.05. The summed E-state index contributed by atoms with van der Waals surface area (Å²) < 4.78 is 0. The van der Waals surface area contributed by atoms with Crippen LogP contribution in [-0.2, 0) is 0 Å². The maximum absolute atomic E-state index is 3.05. The first-order chi connectivity index (χ1) is 3.91. The Labute approximate surface area is 51.0 Å². The van der Waals surface area contributed by atoms with Gasteiger partial charge in [-0.05, 0) is 26.2 Å². The van der Waals surface area contributed by atoms with Crippen LogP contribution in [0.2, 0.25) is 0 Å². The zero-order valence-corrected chi connectivity index (χ0v) is 5.57. The first kappa shape index (κ1) is 7.50. The number of hydrogen-bond acceptors (Lipinski definition) is 2. The molecule has 0 aliphatic heterocycles. The van der Waals surface area contributed by atoms with E-state index in [9.17, 15) is 0 Å². The van der Waals surface area contributed by atoms with Crippen LogP contribution in [0, 0.1) is 0 Å². The molecular weight excluding hydrogens is 100 g/mol. The van der Waals surface area contributed by atoms with Gasteiger partial charge < -0.3 is 10.6 Å². The molecule has 2 nitrogen and oxygen atoms in total. The average molecular weight is 114 g/mol. The topological polar surface area (TPSA) is 24.1 Å². The highest BCUT2D eigenvalue weighted by atomic mass is 14.8. The molecule has 0 spiro atoms. The van der Waals surface area contributed by atoms with E-state index in [4.69, 9.17) is 0 Å². The molecule has 0 aromatic carbocycles. The van der Waals surface area contributed by atoms with Crippen molar-refractivity contribution in [3.63, 3.8) is 0 Å². The third-order valence-electron chi connectivity index (χ3n) is 0.846. The molecule has 0 unspecified atom stereocenters. The van der Waals surface area contributed by atoms with E-state index in [0.29, 0.717) is 0 Å². The van der Waals surface area contributed by atoms with Crippen molar-refractivity contribution < 1.29 is 0 Å². The Morgan fingerprint density at radius 3 is 2.62 bits per heavy atom. The van der Waals surface area contributed by atoms with Gasteiger partial charge in [-0.1, -0.05) is 6.08 Å². The predicted octanol–water partition coefficient (Wildman–Crippen LogP) is 0.329. The van der Waals surface area contributed by atoms with Gasteiger partial charge in [0.2, 0.25) is 0 Å². The molecule has 0 fully saturated rings. The Morgan fingerprint density at radius 1 is 1.38 bits per heavy atom. The zero-order chi connectivity index (χ0) is 6.24. The van der Waals surface area contributed by atoms with Crippen molar-refractivity contribution in [1.82, 2.24) is 10.6 Å². The van der Waals surface area contributed by atoms with E-state index >= 15 is 0 Å². The van der Waals surface area contributed by atoms with Crippen LogP contribution in [0.1, 0.15) is 6.42 Å². The van der Waals surface area contributed by atoms with Gasteiger partial charge in [0.05, 0.1) is 0 Å². The van der Waals surface area contributed by atoms with Crippen LogP contribution in [0.4, 0.5) is 0 Å². The van der Waals surface area contributed by atoms with Crippen LogP contribution >= 0.6 is 0 Å². The van der Waals surface area contributed by atoms with E-state index in [1.54, 1.807) is 0 Å². The van der Waals surface area contributed by atoms with E-state index in [0.717, 1.165) is 13.0 Å². The zero-order valence-electron chi connectivity index (χ0n) is 5.57. The predicted molar refractivity (Wildman–Crippen MR) is 36.7 cm³/mol. The smallest absolute Gasteiger partial charge is 0.00276 e. The fraction of sp³-hybridized carbons (Fsp3) is 0.667. The fourth-order valence-corrected chi connectivity index (χ4v) is 0.429. The molecule has 2 heteroatoms. The Balaban J connectivity index is 2.80. The molecule has 0 bridgehead atoms. The molecule has 0 aromatic rings. The Bertz CT molecular complexity index is 59.5. The molecule has 0 aromatic heterocycles. The third kappa shape index (κ3) is 5.50. The molecule has 8 heavy (non-hydrogen) atoms. The van der Waals surface area contributed by atoms with Crippen molar-refractivity contribution in [2.45, 2.75) is 6.42 Å². The number of nitrogens with one attached hydrogen (secondary N) is 2. The largest absolute Gasteiger partial charge is 0.394 e. The van der Waals surface area contributed by atoms with Crippen molar-refractivity contribution >= 4 is 0 Å². The fourth-order valence-electron chi connectivity index (χ4n) is 0.429. The van der Waals surface area contributed by atoms with Crippen LogP contribution in [-0.4, -0.2) is 20.6 Å². The standard InChI is InChI=1S/C6H14N2/c1-7-5-3-4-6-8-2/h3,5,7-8H,4,6H2,1-2H3. The van der Waals surface area contributed by atoms with Crippen molar-refractivity contribution in [2.24, 2.45) is 0 Å². The SMILES string of the molecule is CNC=CCCNC. The monoisotopic (exact) mass is 114 g/mol. The molecule has 2 N–H and O–H groups in total. The van der Waals surface area contributed by atoms with Crippen LogP contribution in [0.3, 0.4) is 0 Å². The van der Waals surface area contributed by atoms with E-state index in [2.05, 4.69) is 16.7 Å². The number of rotatable bonds is 4. The molecule has 0 atom stereocenters. The van der Waals surface area contributed by atoms with Gasteiger partial charge in [-0.15, -0.1) is 0 Å². The van der Waals surface area contributed by atoms with Crippen molar-refractivity contribution in [3.05, 3.63) is 12.3 Å². The van der Waals surface area contributed by atoms with Gasteiger partial charge in [-0.25, -0.2) is 0 Å². The summed E-state index contributed by atoms with van der Waals surface area (Å²) in [5.74, 6) is 0. The highest BCUT2D eigenvalue weighted by Crippen LogP contribution is 1.74. The van der Waals surface area contributed by atoms with Crippen molar-refractivity contribution in [3.8, 4) is 0 Å². The summed E-state index contributed by atoms with van der Waals surface area (Å²) in [5.41, 5.74) is 0. The molecule has 0 rings (SSSR count). The van der Waals surface area contributed by atoms with E-state index < -0.39 is 0 Å². The Morgan fingerprint density at radius 2 is 2.12 bits per heavy atom. The summed E-state index contributed by atoms with van der Waals surface area (Å²) in [6.07, 6.45) is 5.13. The maximum atomic E-state index is 3.05. The Hall–Kier alpha value is -0.500. The summed E-state index contributed by atoms with van der Waals surface area (Å²) in [5, 5.41) is 5.97. The highest BCUT2D eigenvalue weighted by Gasteiger charge is 1.72. The van der Waals surface area contributed by atoms with Crippen LogP contribution in [0.25, 0.3) is 0 Å². The summed E-state index contributed by atoms with van der Waals surface area (Å²) in [7, 11) is 3.85. The van der Waals surface area contributed by atoms with Crippen LogP contribution in [0.5, 0.6) is 0 Å². The molecule has 0 heterocycles. The lowest BCUT2D eigenvalue weighted by Gasteiger charge is -1.89. The summed E-state index contributed by atoms with van der Waals surface area (Å²) in [6, 6.07) is 0. The Kier molecular flexibility index (Phi) is 6.09. The van der Waals surface area contributed by atoms with Crippen molar-refractivity contribution in [1.29, 1.82) is 0 Å². The van der Waals surface area contributed by atoms with E-state index in [1.807, 2.05) is 20.3 Å². The third-order valence-corrected chi connectivity index (χ3v) is 0.846. The molecular formula is C6H14N2. The second-order valence-corrected chi connectivity index (χ2v) is 1.58. The first-order valence-corrected chi connectivity index (χ1v) is 2.88. The quantitative estimate of drug-likeness (QED) is 0.515. The molecule has 0 aliphatic rings. The lowest BCUT2D eigenvalue weighted by molar-refractivity contribution is 0.804. The van der Waals surface area contributed by atoms with E-state index in [1.165, 1.54) is 0 Å². The van der Waals surface area contributed by atoms with Gasteiger partial charge in [0, 0.05) is 7.05 Å². The highest BCUT2D eigenvalue weighted by molar-refractivity contribution is 4.77. The minimum atomic E-state index is 1.05. The van der Waals surface area contributed by atoms with Gasteiger partial charge >= 0.3 is 0 Å². The average Bonchev–Trinajstić information content (AvgIpc) is 1.81. The summed E-state index contributed by atoms with van der Waals surface area (Å²) in [4.78, 5) is 0. The molecule has 48 valence electrons. The van der Waals surface area contributed by atoms with Crippen LogP contribution < -0.4 is 10.6 Å². The second-order valence-electron chi connectivity index (χ2n) is 1.58. The lowest BCUT2D eigenvalue weighted by atomic mass is 10.4. The lowest BCUT2D eigenvalue weighted by Crippen LogP contribution is -2.06. The molecule has 0 aliphatic carbocycles. The number of hydrogen-bond donors (Lipinski definition) is 2. The minimum Gasteiger partial charge on any atom is -0.394 e. The normalized spacial score (nSPS) is 10.2. The first-order valence-electron chi connectivity index (χ1n) is 2.88. The van der Waals surface area contributed by atoms with Crippen molar-refractivity contribution in [2.75, 3.05) is 20.6 Å². The second kappa shape index (κ2) is 6.50. The van der Waals surface area contributed by atoms with E-state index in [-0.39, 0.29) is 0 Å². The molecule has 0 radical (unpaired) electrons. The van der Waals surface area contributed by atoms with Gasteiger partial charge in [0.25, 0.3) is 0 Å². The molecule has 0 saturated carbocycles. The van der Waals surface area contributed by atoms with Gasteiger partial charge in [-0.2, -0.15) is 0 Å². The maximum Gasteiger partial charge on any atom is 0.00276 e. The van der Waals surface area contributed by atoms with Crippen LogP contribution in [0.15, 0.2) is 12.3 Å². The van der Waals surface area contributed by atoms with Gasteiger partial charge in [0.15, 0.2) is 0 Å². The summed E-state index contributed by atoms with van der Waals surface area (Å²) >= 11 is 0. The molecule has 0 saturated heterocycles. The van der Waals surface area contributed by atoms with Gasteiger partial charge in [-0.3, -0.25) is 0 Å².